The molecule has 7 heteroatoms. The van der Waals surface area contributed by atoms with Crippen LogP contribution in [-0.4, -0.2) is 10.9 Å². The number of aromatic nitrogens is 1. The number of rotatable bonds is 3. The Kier molecular flexibility index (Phi) is 4.35. The molecule has 1 heterocycles. The number of carbonyl (C=O) groups is 1. The lowest BCUT2D eigenvalue weighted by Crippen LogP contribution is -2.12. The SMILES string of the molecule is O=C(Nc1nc(-c2ccc(C(F)(F)F)cc2)co1)c1cccc2ccccc12. The number of fused-ring (bicyclic) bond motifs is 1. The lowest BCUT2D eigenvalue weighted by Gasteiger charge is -2.06. The molecule has 0 radical (unpaired) electrons. The van der Waals surface area contributed by atoms with E-state index >= 15 is 0 Å². The Balaban J connectivity index is 1.55. The number of nitrogens with one attached hydrogen (secondary N) is 1. The van der Waals surface area contributed by atoms with E-state index in [1.54, 1.807) is 12.1 Å². The third-order valence-corrected chi connectivity index (χ3v) is 4.27. The van der Waals surface area contributed by atoms with E-state index in [2.05, 4.69) is 10.3 Å². The van der Waals surface area contributed by atoms with Crippen molar-refractivity contribution in [3.63, 3.8) is 0 Å². The molecule has 28 heavy (non-hydrogen) atoms. The standard InChI is InChI=1S/C21H13F3N2O2/c22-21(23,24)15-10-8-14(9-11-15)18-12-28-20(25-18)26-19(27)17-7-3-5-13-4-1-2-6-16(13)17/h1-12H,(H,25,26,27). The Morgan fingerprint density at radius 1 is 0.929 bits per heavy atom. The molecule has 0 bridgehead atoms. The van der Waals surface area contributed by atoms with Crippen LogP contribution >= 0.6 is 0 Å². The largest absolute Gasteiger partial charge is 0.431 e. The molecule has 4 aromatic rings. The van der Waals surface area contributed by atoms with Crippen molar-refractivity contribution in [2.24, 2.45) is 0 Å². The Bertz CT molecular complexity index is 1140. The van der Waals surface area contributed by atoms with Crippen LogP contribution in [0.4, 0.5) is 19.2 Å². The highest BCUT2D eigenvalue weighted by Gasteiger charge is 2.30. The maximum absolute atomic E-state index is 12.7. The van der Waals surface area contributed by atoms with Gasteiger partial charge in [0, 0.05) is 11.1 Å². The summed E-state index contributed by atoms with van der Waals surface area (Å²) in [5, 5.41) is 4.29. The summed E-state index contributed by atoms with van der Waals surface area (Å²) in [6, 6.07) is 17.4. The maximum Gasteiger partial charge on any atom is 0.416 e. The number of anilines is 1. The van der Waals surface area contributed by atoms with Crippen LogP contribution < -0.4 is 5.32 Å². The van der Waals surface area contributed by atoms with E-state index in [0.717, 1.165) is 22.9 Å². The van der Waals surface area contributed by atoms with E-state index in [9.17, 15) is 18.0 Å². The van der Waals surface area contributed by atoms with Crippen molar-refractivity contribution >= 4 is 22.7 Å². The molecule has 0 spiro atoms. The van der Waals surface area contributed by atoms with Crippen LogP contribution in [0.25, 0.3) is 22.0 Å². The van der Waals surface area contributed by atoms with Crippen molar-refractivity contribution in [1.82, 2.24) is 4.98 Å². The quantitative estimate of drug-likeness (QED) is 0.490. The number of nitrogens with zero attached hydrogens (tertiary/aromatic N) is 1. The van der Waals surface area contributed by atoms with Crippen LogP contribution in [0.15, 0.2) is 77.4 Å². The van der Waals surface area contributed by atoms with Gasteiger partial charge in [0.1, 0.15) is 12.0 Å². The van der Waals surface area contributed by atoms with Gasteiger partial charge >= 0.3 is 12.2 Å². The molecule has 4 rings (SSSR count). The number of halogens is 3. The monoisotopic (exact) mass is 382 g/mol. The van der Waals surface area contributed by atoms with Crippen molar-refractivity contribution in [1.29, 1.82) is 0 Å². The van der Waals surface area contributed by atoms with Gasteiger partial charge < -0.3 is 4.42 Å². The van der Waals surface area contributed by atoms with E-state index < -0.39 is 17.6 Å². The van der Waals surface area contributed by atoms with Gasteiger partial charge in [-0.2, -0.15) is 18.2 Å². The molecule has 0 aliphatic heterocycles. The fourth-order valence-corrected chi connectivity index (χ4v) is 2.88. The molecule has 1 aromatic heterocycles. The van der Waals surface area contributed by atoms with Crippen LogP contribution in [-0.2, 0) is 6.18 Å². The molecule has 0 fully saturated rings. The first-order valence-corrected chi connectivity index (χ1v) is 8.34. The zero-order valence-corrected chi connectivity index (χ0v) is 14.3. The molecule has 0 aliphatic rings. The summed E-state index contributed by atoms with van der Waals surface area (Å²) < 4.78 is 43.2. The molecular formula is C21H13F3N2O2. The fraction of sp³-hybridized carbons (Fsp3) is 0.0476. The van der Waals surface area contributed by atoms with Gasteiger partial charge in [-0.1, -0.05) is 48.5 Å². The number of amides is 1. The zero-order chi connectivity index (χ0) is 19.7. The summed E-state index contributed by atoms with van der Waals surface area (Å²) in [6.07, 6.45) is -3.12. The number of carbonyl (C=O) groups excluding carboxylic acids is 1. The lowest BCUT2D eigenvalue weighted by atomic mass is 10.0. The summed E-state index contributed by atoms with van der Waals surface area (Å²) in [7, 11) is 0. The third kappa shape index (κ3) is 3.46. The molecule has 1 amide bonds. The molecular weight excluding hydrogens is 369 g/mol. The van der Waals surface area contributed by atoms with Gasteiger partial charge in [-0.05, 0) is 29.0 Å². The molecule has 0 atom stereocenters. The van der Waals surface area contributed by atoms with Crippen LogP contribution in [0.2, 0.25) is 0 Å². The van der Waals surface area contributed by atoms with Crippen molar-refractivity contribution in [3.8, 4) is 11.3 Å². The molecule has 140 valence electrons. The average molecular weight is 382 g/mol. The van der Waals surface area contributed by atoms with E-state index in [1.165, 1.54) is 18.4 Å². The number of benzene rings is 3. The van der Waals surface area contributed by atoms with Crippen LogP contribution in [0.3, 0.4) is 0 Å². The van der Waals surface area contributed by atoms with Gasteiger partial charge in [-0.25, -0.2) is 0 Å². The summed E-state index contributed by atoms with van der Waals surface area (Å²) >= 11 is 0. The molecule has 3 aromatic carbocycles. The Morgan fingerprint density at radius 2 is 1.64 bits per heavy atom. The summed E-state index contributed by atoms with van der Waals surface area (Å²) in [5.41, 5.74) is 0.487. The molecule has 4 nitrogen and oxygen atoms in total. The number of hydrogen-bond acceptors (Lipinski definition) is 3. The highest BCUT2D eigenvalue weighted by molar-refractivity contribution is 6.12. The normalized spacial score (nSPS) is 11.5. The van der Waals surface area contributed by atoms with Gasteiger partial charge in [0.2, 0.25) is 0 Å². The first-order chi connectivity index (χ1) is 13.4. The third-order valence-electron chi connectivity index (χ3n) is 4.27. The van der Waals surface area contributed by atoms with E-state index in [4.69, 9.17) is 4.42 Å². The molecule has 0 aliphatic carbocycles. The topological polar surface area (TPSA) is 55.1 Å². The van der Waals surface area contributed by atoms with Crippen molar-refractivity contribution in [2.45, 2.75) is 6.18 Å². The van der Waals surface area contributed by atoms with Crippen LogP contribution in [0.1, 0.15) is 15.9 Å². The van der Waals surface area contributed by atoms with Gasteiger partial charge in [0.05, 0.1) is 5.56 Å². The number of hydrogen-bond donors (Lipinski definition) is 1. The zero-order valence-electron chi connectivity index (χ0n) is 14.3. The van der Waals surface area contributed by atoms with Crippen LogP contribution in [0, 0.1) is 0 Å². The highest BCUT2D eigenvalue weighted by Crippen LogP contribution is 2.31. The summed E-state index contributed by atoms with van der Waals surface area (Å²) in [6.45, 7) is 0. The molecule has 0 saturated carbocycles. The van der Waals surface area contributed by atoms with E-state index in [1.807, 2.05) is 30.3 Å². The molecule has 1 N–H and O–H groups in total. The predicted octanol–water partition coefficient (Wildman–Crippen LogP) is 5.77. The Morgan fingerprint density at radius 3 is 2.39 bits per heavy atom. The first kappa shape index (κ1) is 17.8. The minimum Gasteiger partial charge on any atom is -0.431 e. The number of oxazole rings is 1. The van der Waals surface area contributed by atoms with Gasteiger partial charge in [-0.3, -0.25) is 10.1 Å². The second-order valence-electron chi connectivity index (χ2n) is 6.09. The van der Waals surface area contributed by atoms with Gasteiger partial charge in [0.15, 0.2) is 0 Å². The molecule has 0 saturated heterocycles. The minimum atomic E-state index is -4.40. The maximum atomic E-state index is 12.7. The summed E-state index contributed by atoms with van der Waals surface area (Å²) in [4.78, 5) is 16.7. The molecule has 0 unspecified atom stereocenters. The highest BCUT2D eigenvalue weighted by atomic mass is 19.4. The van der Waals surface area contributed by atoms with Crippen molar-refractivity contribution in [3.05, 3.63) is 84.1 Å². The Labute approximate surface area is 157 Å². The average Bonchev–Trinajstić information content (AvgIpc) is 3.15. The van der Waals surface area contributed by atoms with Crippen molar-refractivity contribution < 1.29 is 22.4 Å². The fourth-order valence-electron chi connectivity index (χ4n) is 2.88. The van der Waals surface area contributed by atoms with Gasteiger partial charge in [-0.15, -0.1) is 0 Å². The van der Waals surface area contributed by atoms with E-state index in [-0.39, 0.29) is 6.01 Å². The van der Waals surface area contributed by atoms with Crippen molar-refractivity contribution in [2.75, 3.05) is 5.32 Å². The number of alkyl halides is 3. The smallest absolute Gasteiger partial charge is 0.416 e. The van der Waals surface area contributed by atoms with Gasteiger partial charge in [0.25, 0.3) is 5.91 Å². The lowest BCUT2D eigenvalue weighted by molar-refractivity contribution is -0.137. The van der Waals surface area contributed by atoms with Crippen LogP contribution in [0.5, 0.6) is 0 Å². The van der Waals surface area contributed by atoms with E-state index in [0.29, 0.717) is 16.8 Å². The minimum absolute atomic E-state index is 0.0344. The first-order valence-electron chi connectivity index (χ1n) is 8.34. The predicted molar refractivity (Wildman–Crippen MR) is 98.8 cm³/mol. The Hall–Kier alpha value is -3.61. The second kappa shape index (κ2) is 6.84. The summed E-state index contributed by atoms with van der Waals surface area (Å²) in [5.74, 6) is -0.391. The second-order valence-corrected chi connectivity index (χ2v) is 6.09.